The molecule has 2 aromatic rings. The van der Waals surface area contributed by atoms with Crippen molar-refractivity contribution < 1.29 is 0 Å². The second kappa shape index (κ2) is 5.95. The standard InChI is InChI=1S/C15H22N4/c1-10(2)12(11(3)4)9-18-14-6-5-13-15(19-14)17-8-7-16-13/h5-8,10-12H,9H2,1-4H3,(H,17,18,19). The Morgan fingerprint density at radius 3 is 2.37 bits per heavy atom. The lowest BCUT2D eigenvalue weighted by atomic mass is 9.85. The van der Waals surface area contributed by atoms with E-state index in [-0.39, 0.29) is 0 Å². The summed E-state index contributed by atoms with van der Waals surface area (Å²) in [5.41, 5.74) is 1.52. The summed E-state index contributed by atoms with van der Waals surface area (Å²) in [4.78, 5) is 12.9. The van der Waals surface area contributed by atoms with Gasteiger partial charge in [0.05, 0.1) is 0 Å². The minimum atomic E-state index is 0.638. The van der Waals surface area contributed by atoms with Gasteiger partial charge < -0.3 is 5.32 Å². The molecular formula is C15H22N4. The number of pyridine rings is 1. The molecule has 19 heavy (non-hydrogen) atoms. The van der Waals surface area contributed by atoms with Crippen LogP contribution in [0.15, 0.2) is 24.5 Å². The van der Waals surface area contributed by atoms with Gasteiger partial charge in [0.25, 0.3) is 0 Å². The van der Waals surface area contributed by atoms with Gasteiger partial charge in [0, 0.05) is 18.9 Å². The molecule has 0 aromatic carbocycles. The van der Waals surface area contributed by atoms with Crippen molar-refractivity contribution in [3.8, 4) is 0 Å². The van der Waals surface area contributed by atoms with Crippen LogP contribution < -0.4 is 5.32 Å². The van der Waals surface area contributed by atoms with Gasteiger partial charge >= 0.3 is 0 Å². The molecule has 0 aliphatic rings. The minimum Gasteiger partial charge on any atom is -0.370 e. The number of anilines is 1. The van der Waals surface area contributed by atoms with E-state index < -0.39 is 0 Å². The Morgan fingerprint density at radius 2 is 1.68 bits per heavy atom. The third kappa shape index (κ3) is 3.40. The maximum absolute atomic E-state index is 4.48. The van der Waals surface area contributed by atoms with Crippen LogP contribution in [-0.4, -0.2) is 21.5 Å². The normalized spacial score (nSPS) is 11.7. The highest BCUT2D eigenvalue weighted by atomic mass is 15.0. The molecule has 0 radical (unpaired) electrons. The quantitative estimate of drug-likeness (QED) is 0.893. The molecule has 0 atom stereocenters. The number of nitrogens with one attached hydrogen (secondary N) is 1. The predicted octanol–water partition coefficient (Wildman–Crippen LogP) is 3.36. The van der Waals surface area contributed by atoms with Crippen molar-refractivity contribution in [1.82, 2.24) is 15.0 Å². The van der Waals surface area contributed by atoms with E-state index in [9.17, 15) is 0 Å². The van der Waals surface area contributed by atoms with Crippen molar-refractivity contribution in [3.05, 3.63) is 24.5 Å². The molecule has 0 saturated carbocycles. The van der Waals surface area contributed by atoms with Crippen LogP contribution in [-0.2, 0) is 0 Å². The molecule has 0 spiro atoms. The summed E-state index contributed by atoms with van der Waals surface area (Å²) in [6.07, 6.45) is 3.36. The van der Waals surface area contributed by atoms with E-state index in [1.54, 1.807) is 12.4 Å². The number of fused-ring (bicyclic) bond motifs is 1. The Bertz CT molecular complexity index is 528. The van der Waals surface area contributed by atoms with Gasteiger partial charge in [-0.2, -0.15) is 0 Å². The fraction of sp³-hybridized carbons (Fsp3) is 0.533. The van der Waals surface area contributed by atoms with E-state index in [0.717, 1.165) is 17.9 Å². The fourth-order valence-electron chi connectivity index (χ4n) is 2.42. The lowest BCUT2D eigenvalue weighted by Gasteiger charge is -2.25. The van der Waals surface area contributed by atoms with Crippen molar-refractivity contribution in [3.63, 3.8) is 0 Å². The third-order valence-corrected chi connectivity index (χ3v) is 3.56. The number of hydrogen-bond acceptors (Lipinski definition) is 4. The Hall–Kier alpha value is -1.71. The molecular weight excluding hydrogens is 236 g/mol. The van der Waals surface area contributed by atoms with Gasteiger partial charge in [-0.1, -0.05) is 27.7 Å². The monoisotopic (exact) mass is 258 g/mol. The van der Waals surface area contributed by atoms with E-state index in [4.69, 9.17) is 0 Å². The average molecular weight is 258 g/mol. The molecule has 0 amide bonds. The Balaban J connectivity index is 2.09. The molecule has 2 aromatic heterocycles. The van der Waals surface area contributed by atoms with Crippen molar-refractivity contribution in [2.45, 2.75) is 27.7 Å². The zero-order valence-corrected chi connectivity index (χ0v) is 12.1. The highest BCUT2D eigenvalue weighted by molar-refractivity contribution is 5.71. The minimum absolute atomic E-state index is 0.638. The van der Waals surface area contributed by atoms with Crippen LogP contribution in [0.25, 0.3) is 11.2 Å². The number of aromatic nitrogens is 3. The second-order valence-electron chi connectivity index (χ2n) is 5.63. The smallest absolute Gasteiger partial charge is 0.180 e. The largest absolute Gasteiger partial charge is 0.370 e. The van der Waals surface area contributed by atoms with Crippen LogP contribution in [0.2, 0.25) is 0 Å². The van der Waals surface area contributed by atoms with Crippen molar-refractivity contribution in [1.29, 1.82) is 0 Å². The molecule has 4 heteroatoms. The van der Waals surface area contributed by atoms with Crippen LogP contribution in [0.4, 0.5) is 5.82 Å². The van der Waals surface area contributed by atoms with Gasteiger partial charge in [-0.05, 0) is 29.9 Å². The van der Waals surface area contributed by atoms with Crippen LogP contribution in [0.5, 0.6) is 0 Å². The number of hydrogen-bond donors (Lipinski definition) is 1. The Kier molecular flexibility index (Phi) is 4.30. The summed E-state index contributed by atoms with van der Waals surface area (Å²) < 4.78 is 0. The summed E-state index contributed by atoms with van der Waals surface area (Å²) in [5, 5.41) is 3.42. The first kappa shape index (κ1) is 13.7. The lowest BCUT2D eigenvalue weighted by Crippen LogP contribution is -2.24. The second-order valence-corrected chi connectivity index (χ2v) is 5.63. The van der Waals surface area contributed by atoms with Crippen molar-refractivity contribution in [2.24, 2.45) is 17.8 Å². The summed E-state index contributed by atoms with van der Waals surface area (Å²) in [6.45, 7) is 10.0. The Morgan fingerprint density at radius 1 is 1.00 bits per heavy atom. The van der Waals surface area contributed by atoms with Crippen LogP contribution >= 0.6 is 0 Å². The lowest BCUT2D eigenvalue weighted by molar-refractivity contribution is 0.304. The van der Waals surface area contributed by atoms with E-state index >= 15 is 0 Å². The molecule has 0 fully saturated rings. The SMILES string of the molecule is CC(C)C(CNc1ccc2nccnc2n1)C(C)C. The first-order chi connectivity index (χ1) is 9.08. The fourth-order valence-corrected chi connectivity index (χ4v) is 2.42. The molecule has 102 valence electrons. The topological polar surface area (TPSA) is 50.7 Å². The predicted molar refractivity (Wildman–Crippen MR) is 79.0 cm³/mol. The highest BCUT2D eigenvalue weighted by Crippen LogP contribution is 2.21. The van der Waals surface area contributed by atoms with Gasteiger partial charge in [-0.25, -0.2) is 9.97 Å². The molecule has 2 heterocycles. The van der Waals surface area contributed by atoms with E-state index in [1.165, 1.54) is 0 Å². The average Bonchev–Trinajstić information content (AvgIpc) is 2.38. The molecule has 2 rings (SSSR count). The van der Waals surface area contributed by atoms with Crippen molar-refractivity contribution in [2.75, 3.05) is 11.9 Å². The van der Waals surface area contributed by atoms with Crippen LogP contribution in [0, 0.1) is 17.8 Å². The molecule has 0 saturated heterocycles. The maximum atomic E-state index is 4.48. The van der Waals surface area contributed by atoms with Gasteiger partial charge in [0.2, 0.25) is 0 Å². The summed E-state index contributed by atoms with van der Waals surface area (Å²) in [5.74, 6) is 2.83. The number of nitrogens with zero attached hydrogens (tertiary/aromatic N) is 3. The third-order valence-electron chi connectivity index (χ3n) is 3.56. The van der Waals surface area contributed by atoms with Crippen molar-refractivity contribution >= 4 is 17.0 Å². The zero-order chi connectivity index (χ0) is 13.8. The van der Waals surface area contributed by atoms with E-state index in [2.05, 4.69) is 48.0 Å². The van der Waals surface area contributed by atoms with Gasteiger partial charge in [0.1, 0.15) is 11.3 Å². The molecule has 0 unspecified atom stereocenters. The van der Waals surface area contributed by atoms with Gasteiger partial charge in [-0.15, -0.1) is 0 Å². The molecule has 0 aliphatic heterocycles. The number of rotatable bonds is 5. The molecule has 4 nitrogen and oxygen atoms in total. The van der Waals surface area contributed by atoms with Gasteiger partial charge in [0.15, 0.2) is 5.65 Å². The van der Waals surface area contributed by atoms with E-state index in [0.29, 0.717) is 23.4 Å². The molecule has 1 N–H and O–H groups in total. The summed E-state index contributed by atoms with van der Waals surface area (Å²) >= 11 is 0. The molecule has 0 bridgehead atoms. The Labute approximate surface area is 114 Å². The zero-order valence-electron chi connectivity index (χ0n) is 12.1. The first-order valence-corrected chi connectivity index (χ1v) is 6.89. The maximum Gasteiger partial charge on any atom is 0.180 e. The summed E-state index contributed by atoms with van der Waals surface area (Å²) in [6, 6.07) is 3.92. The highest BCUT2D eigenvalue weighted by Gasteiger charge is 2.17. The van der Waals surface area contributed by atoms with Crippen LogP contribution in [0.3, 0.4) is 0 Å². The van der Waals surface area contributed by atoms with E-state index in [1.807, 2.05) is 12.1 Å². The first-order valence-electron chi connectivity index (χ1n) is 6.89. The molecule has 0 aliphatic carbocycles. The summed E-state index contributed by atoms with van der Waals surface area (Å²) in [7, 11) is 0. The van der Waals surface area contributed by atoms with Crippen LogP contribution in [0.1, 0.15) is 27.7 Å². The van der Waals surface area contributed by atoms with Gasteiger partial charge in [-0.3, -0.25) is 4.98 Å².